The number of hydrogen-bond acceptors (Lipinski definition) is 2. The van der Waals surface area contributed by atoms with Gasteiger partial charge in [-0.3, -0.25) is 0 Å². The summed E-state index contributed by atoms with van der Waals surface area (Å²) in [6.07, 6.45) is 9.19. The number of nitrogens with two attached hydrogens (primary N) is 1. The Balaban J connectivity index is 3.67. The zero-order valence-corrected chi connectivity index (χ0v) is 11.7. The van der Waals surface area contributed by atoms with Gasteiger partial charge in [0.15, 0.2) is 0 Å². The Bertz CT molecular complexity index is 125. The molecule has 2 heteroatoms. The summed E-state index contributed by atoms with van der Waals surface area (Å²) in [7, 11) is 0. The molecule has 0 aromatic rings. The monoisotopic (exact) mass is 228 g/mol. The van der Waals surface area contributed by atoms with Crippen molar-refractivity contribution in [2.75, 3.05) is 19.6 Å². The van der Waals surface area contributed by atoms with Crippen LogP contribution in [0.25, 0.3) is 0 Å². The van der Waals surface area contributed by atoms with Crippen LogP contribution in [0, 0.1) is 0 Å². The summed E-state index contributed by atoms with van der Waals surface area (Å²) >= 11 is 0. The van der Waals surface area contributed by atoms with E-state index in [1.54, 1.807) is 0 Å². The summed E-state index contributed by atoms with van der Waals surface area (Å²) in [4.78, 5) is 2.61. The number of unbranched alkanes of at least 4 members (excludes halogenated alkanes) is 4. The van der Waals surface area contributed by atoms with Crippen molar-refractivity contribution in [3.63, 3.8) is 0 Å². The lowest BCUT2D eigenvalue weighted by Gasteiger charge is -2.23. The van der Waals surface area contributed by atoms with Gasteiger partial charge in [-0.15, -0.1) is 0 Å². The third kappa shape index (κ3) is 10.4. The van der Waals surface area contributed by atoms with E-state index in [0.29, 0.717) is 6.04 Å². The maximum Gasteiger partial charge on any atom is 0.00226 e. The van der Waals surface area contributed by atoms with Gasteiger partial charge < -0.3 is 10.6 Å². The standard InChI is InChI=1S/C14H32N2/c1-4-6-8-11-16(12-9-7-5-2)13-10-14(3)15/h14H,4-13,15H2,1-3H3. The molecule has 0 saturated heterocycles. The van der Waals surface area contributed by atoms with E-state index in [-0.39, 0.29) is 0 Å². The Hall–Kier alpha value is -0.0800. The fourth-order valence-corrected chi connectivity index (χ4v) is 1.89. The number of hydrogen-bond donors (Lipinski definition) is 1. The third-order valence-corrected chi connectivity index (χ3v) is 3.06. The maximum absolute atomic E-state index is 5.82. The van der Waals surface area contributed by atoms with Crippen molar-refractivity contribution in [3.8, 4) is 0 Å². The normalized spacial score (nSPS) is 13.3. The van der Waals surface area contributed by atoms with Crippen LogP contribution in [-0.2, 0) is 0 Å². The van der Waals surface area contributed by atoms with E-state index in [9.17, 15) is 0 Å². The van der Waals surface area contributed by atoms with E-state index in [2.05, 4.69) is 25.7 Å². The Kier molecular flexibility index (Phi) is 11.3. The summed E-state index contributed by atoms with van der Waals surface area (Å²) in [5.41, 5.74) is 5.82. The van der Waals surface area contributed by atoms with Crippen molar-refractivity contribution in [1.82, 2.24) is 4.90 Å². The van der Waals surface area contributed by atoms with Gasteiger partial charge in [0.25, 0.3) is 0 Å². The van der Waals surface area contributed by atoms with E-state index in [1.807, 2.05) is 0 Å². The van der Waals surface area contributed by atoms with Crippen molar-refractivity contribution in [1.29, 1.82) is 0 Å². The molecule has 0 bridgehead atoms. The second-order valence-corrected chi connectivity index (χ2v) is 5.02. The summed E-state index contributed by atoms with van der Waals surface area (Å²) < 4.78 is 0. The predicted molar refractivity (Wildman–Crippen MR) is 73.8 cm³/mol. The minimum atomic E-state index is 0.347. The molecule has 2 nitrogen and oxygen atoms in total. The molecule has 1 unspecified atom stereocenters. The highest BCUT2D eigenvalue weighted by molar-refractivity contribution is 4.62. The second kappa shape index (κ2) is 11.4. The zero-order valence-electron chi connectivity index (χ0n) is 11.7. The smallest absolute Gasteiger partial charge is 0.00226 e. The number of nitrogens with zero attached hydrogens (tertiary/aromatic N) is 1. The molecule has 2 N–H and O–H groups in total. The largest absolute Gasteiger partial charge is 0.328 e. The fourth-order valence-electron chi connectivity index (χ4n) is 1.89. The highest BCUT2D eigenvalue weighted by atomic mass is 15.1. The summed E-state index contributed by atoms with van der Waals surface area (Å²) in [5.74, 6) is 0. The minimum absolute atomic E-state index is 0.347. The van der Waals surface area contributed by atoms with Gasteiger partial charge in [0, 0.05) is 6.04 Å². The molecule has 0 aliphatic heterocycles. The first-order valence-electron chi connectivity index (χ1n) is 7.18. The molecule has 0 rings (SSSR count). The first kappa shape index (κ1) is 15.9. The summed E-state index contributed by atoms with van der Waals surface area (Å²) in [6, 6.07) is 0.347. The Morgan fingerprint density at radius 1 is 0.875 bits per heavy atom. The Morgan fingerprint density at radius 3 is 1.75 bits per heavy atom. The lowest BCUT2D eigenvalue weighted by molar-refractivity contribution is 0.253. The maximum atomic E-state index is 5.82. The van der Waals surface area contributed by atoms with E-state index in [0.717, 1.165) is 6.42 Å². The summed E-state index contributed by atoms with van der Waals surface area (Å²) in [6.45, 7) is 10.4. The van der Waals surface area contributed by atoms with Crippen LogP contribution in [0.5, 0.6) is 0 Å². The second-order valence-electron chi connectivity index (χ2n) is 5.02. The van der Waals surface area contributed by atoms with Crippen LogP contribution >= 0.6 is 0 Å². The van der Waals surface area contributed by atoms with Gasteiger partial charge in [0.1, 0.15) is 0 Å². The van der Waals surface area contributed by atoms with Crippen LogP contribution in [0.2, 0.25) is 0 Å². The van der Waals surface area contributed by atoms with Crippen molar-refractivity contribution < 1.29 is 0 Å². The molecule has 0 aromatic carbocycles. The van der Waals surface area contributed by atoms with Gasteiger partial charge in [0.05, 0.1) is 0 Å². The van der Waals surface area contributed by atoms with Gasteiger partial charge >= 0.3 is 0 Å². The molecule has 0 aliphatic rings. The van der Waals surface area contributed by atoms with Crippen LogP contribution in [0.3, 0.4) is 0 Å². The third-order valence-electron chi connectivity index (χ3n) is 3.06. The quantitative estimate of drug-likeness (QED) is 0.549. The summed E-state index contributed by atoms with van der Waals surface area (Å²) in [5, 5.41) is 0. The van der Waals surface area contributed by atoms with Crippen LogP contribution in [0.4, 0.5) is 0 Å². The SMILES string of the molecule is CCCCCN(CCCCC)CCC(C)N. The van der Waals surface area contributed by atoms with Crippen LogP contribution in [0.15, 0.2) is 0 Å². The topological polar surface area (TPSA) is 29.3 Å². The average molecular weight is 228 g/mol. The Labute approximate surface area is 103 Å². The van der Waals surface area contributed by atoms with Crippen LogP contribution in [0.1, 0.15) is 65.7 Å². The molecule has 0 radical (unpaired) electrons. The lowest BCUT2D eigenvalue weighted by Crippen LogP contribution is -2.31. The highest BCUT2D eigenvalue weighted by Gasteiger charge is 2.05. The highest BCUT2D eigenvalue weighted by Crippen LogP contribution is 2.04. The van der Waals surface area contributed by atoms with Gasteiger partial charge in [-0.05, 0) is 45.8 Å². The van der Waals surface area contributed by atoms with Crippen molar-refractivity contribution in [3.05, 3.63) is 0 Å². The molecule has 98 valence electrons. The molecule has 0 heterocycles. The minimum Gasteiger partial charge on any atom is -0.328 e. The first-order chi connectivity index (χ1) is 7.70. The van der Waals surface area contributed by atoms with Crippen molar-refractivity contribution >= 4 is 0 Å². The van der Waals surface area contributed by atoms with E-state index >= 15 is 0 Å². The molecule has 0 fully saturated rings. The molecule has 1 atom stereocenters. The average Bonchev–Trinajstić information content (AvgIpc) is 2.25. The number of rotatable bonds is 11. The molecule has 0 amide bonds. The van der Waals surface area contributed by atoms with Gasteiger partial charge in [0.2, 0.25) is 0 Å². The molecule has 0 saturated carbocycles. The first-order valence-corrected chi connectivity index (χ1v) is 7.18. The lowest BCUT2D eigenvalue weighted by atomic mass is 10.2. The van der Waals surface area contributed by atoms with Crippen LogP contribution < -0.4 is 5.73 Å². The van der Waals surface area contributed by atoms with Gasteiger partial charge in [-0.1, -0.05) is 39.5 Å². The molecule has 0 aromatic heterocycles. The van der Waals surface area contributed by atoms with Gasteiger partial charge in [-0.2, -0.15) is 0 Å². The Morgan fingerprint density at radius 2 is 1.38 bits per heavy atom. The molecule has 0 spiro atoms. The van der Waals surface area contributed by atoms with Crippen molar-refractivity contribution in [2.45, 2.75) is 71.8 Å². The zero-order chi connectivity index (χ0) is 12.2. The van der Waals surface area contributed by atoms with Crippen LogP contribution in [-0.4, -0.2) is 30.6 Å². The molecule has 0 aliphatic carbocycles. The predicted octanol–water partition coefficient (Wildman–Crippen LogP) is 3.41. The van der Waals surface area contributed by atoms with Crippen molar-refractivity contribution in [2.24, 2.45) is 5.73 Å². The van der Waals surface area contributed by atoms with Gasteiger partial charge in [-0.25, -0.2) is 0 Å². The van der Waals surface area contributed by atoms with E-state index in [1.165, 1.54) is 58.2 Å². The fraction of sp³-hybridized carbons (Fsp3) is 1.00. The molecular formula is C14H32N2. The van der Waals surface area contributed by atoms with E-state index < -0.39 is 0 Å². The molecular weight excluding hydrogens is 196 g/mol. The van der Waals surface area contributed by atoms with E-state index in [4.69, 9.17) is 5.73 Å². The molecule has 16 heavy (non-hydrogen) atoms.